The van der Waals surface area contributed by atoms with Gasteiger partial charge in [-0.2, -0.15) is 4.99 Å². The number of aryl methyl sites for hydroxylation is 2. The number of aliphatic imine (C=N–C) groups is 1. The molecule has 0 radical (unpaired) electrons. The van der Waals surface area contributed by atoms with Crippen molar-refractivity contribution in [3.05, 3.63) is 34.9 Å². The molecule has 0 spiro atoms. The second kappa shape index (κ2) is 4.05. The third-order valence-electron chi connectivity index (χ3n) is 2.03. The molecule has 0 aromatic heterocycles. The van der Waals surface area contributed by atoms with Crippen LogP contribution in [0.1, 0.15) is 28.4 Å². The first kappa shape index (κ1) is 10.4. The number of nitrogens with zero attached hydrogens (tertiary/aromatic N) is 1. The largest absolute Gasteiger partial charge is 0.387 e. The minimum absolute atomic E-state index is 0.284. The van der Waals surface area contributed by atoms with E-state index < -0.39 is 0 Å². The Labute approximate surface area is 83.7 Å². The summed E-state index contributed by atoms with van der Waals surface area (Å²) in [6.07, 6.45) is 0. The van der Waals surface area contributed by atoms with Gasteiger partial charge >= 0.3 is 0 Å². The van der Waals surface area contributed by atoms with Crippen LogP contribution in [-0.2, 0) is 0 Å². The number of benzene rings is 1. The molecular formula is C11H14N2O. The van der Waals surface area contributed by atoms with E-state index in [1.807, 2.05) is 26.0 Å². The second-order valence-corrected chi connectivity index (χ2v) is 3.36. The second-order valence-electron chi connectivity index (χ2n) is 3.36. The molecule has 3 nitrogen and oxygen atoms in total. The summed E-state index contributed by atoms with van der Waals surface area (Å²) in [5.41, 5.74) is 8.16. The van der Waals surface area contributed by atoms with Crippen LogP contribution in [0.25, 0.3) is 0 Å². The van der Waals surface area contributed by atoms with Crippen molar-refractivity contribution in [2.75, 3.05) is 0 Å². The number of hydrogen-bond acceptors (Lipinski definition) is 1. The third-order valence-corrected chi connectivity index (χ3v) is 2.03. The van der Waals surface area contributed by atoms with Crippen LogP contribution in [0, 0.1) is 13.8 Å². The van der Waals surface area contributed by atoms with Crippen molar-refractivity contribution in [3.8, 4) is 0 Å². The topological polar surface area (TPSA) is 55.4 Å². The molecule has 1 rings (SSSR count). The molecule has 0 saturated heterocycles. The standard InChI is InChI=1S/C11H14N2O/c1-7-4-5-10(6-8(7)2)11(14)13-9(3)12/h4-6H,1-3H3,(H2,12,13,14). The SMILES string of the molecule is C/C(N)=N/C(=O)c1ccc(C)c(C)c1. The fourth-order valence-corrected chi connectivity index (χ4v) is 1.10. The van der Waals surface area contributed by atoms with Crippen LogP contribution in [-0.4, -0.2) is 11.7 Å². The molecule has 0 fully saturated rings. The Kier molecular flexibility index (Phi) is 3.02. The molecule has 1 amide bonds. The fourth-order valence-electron chi connectivity index (χ4n) is 1.10. The molecule has 0 aliphatic heterocycles. The smallest absolute Gasteiger partial charge is 0.278 e. The lowest BCUT2D eigenvalue weighted by molar-refractivity contribution is 0.100. The van der Waals surface area contributed by atoms with Crippen molar-refractivity contribution in [2.24, 2.45) is 10.7 Å². The zero-order chi connectivity index (χ0) is 10.7. The van der Waals surface area contributed by atoms with Crippen LogP contribution in [0.4, 0.5) is 0 Å². The zero-order valence-corrected chi connectivity index (χ0v) is 8.66. The summed E-state index contributed by atoms with van der Waals surface area (Å²) in [7, 11) is 0. The lowest BCUT2D eigenvalue weighted by Crippen LogP contribution is -2.09. The summed E-state index contributed by atoms with van der Waals surface area (Å²) in [6.45, 7) is 5.56. The Morgan fingerprint density at radius 3 is 2.43 bits per heavy atom. The molecule has 0 bridgehead atoms. The Balaban J connectivity index is 3.03. The van der Waals surface area contributed by atoms with E-state index >= 15 is 0 Å². The number of hydrogen-bond donors (Lipinski definition) is 1. The zero-order valence-electron chi connectivity index (χ0n) is 8.66. The maximum Gasteiger partial charge on any atom is 0.278 e. The van der Waals surface area contributed by atoms with E-state index in [0.29, 0.717) is 5.56 Å². The van der Waals surface area contributed by atoms with Crippen LogP contribution in [0.5, 0.6) is 0 Å². The third kappa shape index (κ3) is 2.42. The Hall–Kier alpha value is -1.64. The van der Waals surface area contributed by atoms with Crippen LogP contribution >= 0.6 is 0 Å². The van der Waals surface area contributed by atoms with Gasteiger partial charge in [0.05, 0.1) is 0 Å². The van der Waals surface area contributed by atoms with E-state index in [9.17, 15) is 4.79 Å². The highest BCUT2D eigenvalue weighted by atomic mass is 16.1. The predicted molar refractivity (Wildman–Crippen MR) is 57.5 cm³/mol. The lowest BCUT2D eigenvalue weighted by Gasteiger charge is -2.01. The van der Waals surface area contributed by atoms with E-state index in [1.54, 1.807) is 13.0 Å². The molecule has 14 heavy (non-hydrogen) atoms. The monoisotopic (exact) mass is 190 g/mol. The van der Waals surface area contributed by atoms with Gasteiger partial charge in [0.2, 0.25) is 0 Å². The van der Waals surface area contributed by atoms with Gasteiger partial charge in [-0.25, -0.2) is 0 Å². The molecular weight excluding hydrogens is 176 g/mol. The normalized spacial score (nSPS) is 11.5. The molecule has 0 atom stereocenters. The number of rotatable bonds is 1. The van der Waals surface area contributed by atoms with Gasteiger partial charge in [-0.3, -0.25) is 4.79 Å². The van der Waals surface area contributed by atoms with E-state index in [4.69, 9.17) is 5.73 Å². The molecule has 0 saturated carbocycles. The van der Waals surface area contributed by atoms with E-state index in [0.717, 1.165) is 11.1 Å². The number of amidine groups is 1. The lowest BCUT2D eigenvalue weighted by atomic mass is 10.1. The predicted octanol–water partition coefficient (Wildman–Crippen LogP) is 1.82. The van der Waals surface area contributed by atoms with Crippen molar-refractivity contribution >= 4 is 11.7 Å². The first-order valence-corrected chi connectivity index (χ1v) is 4.43. The van der Waals surface area contributed by atoms with Gasteiger partial charge in [0.15, 0.2) is 0 Å². The van der Waals surface area contributed by atoms with Crippen LogP contribution < -0.4 is 5.73 Å². The molecule has 0 unspecified atom stereocenters. The van der Waals surface area contributed by atoms with E-state index in [2.05, 4.69) is 4.99 Å². The van der Waals surface area contributed by atoms with Gasteiger partial charge in [0.1, 0.15) is 5.84 Å². The highest BCUT2D eigenvalue weighted by molar-refractivity contribution is 6.02. The van der Waals surface area contributed by atoms with Crippen LogP contribution in [0.2, 0.25) is 0 Å². The van der Waals surface area contributed by atoms with Crippen molar-refractivity contribution in [2.45, 2.75) is 20.8 Å². The average molecular weight is 190 g/mol. The van der Waals surface area contributed by atoms with Crippen molar-refractivity contribution in [1.29, 1.82) is 0 Å². The highest BCUT2D eigenvalue weighted by Crippen LogP contribution is 2.10. The fraction of sp³-hybridized carbons (Fsp3) is 0.273. The van der Waals surface area contributed by atoms with E-state index in [-0.39, 0.29) is 11.7 Å². The molecule has 1 aromatic rings. The average Bonchev–Trinajstić information content (AvgIpc) is 2.08. The Morgan fingerprint density at radius 2 is 1.93 bits per heavy atom. The van der Waals surface area contributed by atoms with Gasteiger partial charge < -0.3 is 5.73 Å². The molecule has 0 aliphatic carbocycles. The summed E-state index contributed by atoms with van der Waals surface area (Å²) in [6, 6.07) is 5.49. The summed E-state index contributed by atoms with van der Waals surface area (Å²) in [4.78, 5) is 15.1. The summed E-state index contributed by atoms with van der Waals surface area (Å²) in [5.74, 6) is 0.00123. The molecule has 3 heteroatoms. The Bertz CT molecular complexity index is 390. The minimum atomic E-state index is -0.284. The highest BCUT2D eigenvalue weighted by Gasteiger charge is 2.04. The maximum absolute atomic E-state index is 11.5. The number of amides is 1. The molecule has 2 N–H and O–H groups in total. The first-order chi connectivity index (χ1) is 6.50. The van der Waals surface area contributed by atoms with Crippen molar-refractivity contribution < 1.29 is 4.79 Å². The van der Waals surface area contributed by atoms with Gasteiger partial charge in [-0.15, -0.1) is 0 Å². The van der Waals surface area contributed by atoms with Crippen LogP contribution in [0.3, 0.4) is 0 Å². The van der Waals surface area contributed by atoms with E-state index in [1.165, 1.54) is 0 Å². The minimum Gasteiger partial charge on any atom is -0.387 e. The molecule has 74 valence electrons. The molecule has 0 aliphatic rings. The number of nitrogens with two attached hydrogens (primary N) is 1. The van der Waals surface area contributed by atoms with Gasteiger partial charge in [0.25, 0.3) is 5.91 Å². The summed E-state index contributed by atoms with van der Waals surface area (Å²) in [5, 5.41) is 0. The quantitative estimate of drug-likeness (QED) is 0.542. The van der Waals surface area contributed by atoms with Gasteiger partial charge in [-0.05, 0) is 44.0 Å². The van der Waals surface area contributed by atoms with Gasteiger partial charge in [-0.1, -0.05) is 6.07 Å². The number of carbonyl (C=O) groups excluding carboxylic acids is 1. The first-order valence-electron chi connectivity index (χ1n) is 4.43. The number of carbonyl (C=O) groups is 1. The summed E-state index contributed by atoms with van der Waals surface area (Å²) < 4.78 is 0. The molecule has 0 heterocycles. The van der Waals surface area contributed by atoms with Gasteiger partial charge in [0, 0.05) is 5.56 Å². The molecule has 1 aromatic carbocycles. The van der Waals surface area contributed by atoms with Crippen LogP contribution in [0.15, 0.2) is 23.2 Å². The Morgan fingerprint density at radius 1 is 1.29 bits per heavy atom. The summed E-state index contributed by atoms with van der Waals surface area (Å²) >= 11 is 0. The van der Waals surface area contributed by atoms with Crippen molar-refractivity contribution in [3.63, 3.8) is 0 Å². The van der Waals surface area contributed by atoms with Crippen molar-refractivity contribution in [1.82, 2.24) is 0 Å². The maximum atomic E-state index is 11.5.